The number of benzene rings is 2. The third-order valence-electron chi connectivity index (χ3n) is 2.96. The van der Waals surface area contributed by atoms with E-state index in [-0.39, 0.29) is 0 Å². The molecule has 0 spiro atoms. The molecule has 17 heavy (non-hydrogen) atoms. The van der Waals surface area contributed by atoms with Gasteiger partial charge in [0.2, 0.25) is 0 Å². The molecule has 0 saturated carbocycles. The van der Waals surface area contributed by atoms with E-state index < -0.39 is 0 Å². The molecule has 0 fully saturated rings. The fraction of sp³-hybridized carbons (Fsp3) is 0.250. The quantitative estimate of drug-likeness (QED) is 0.765. The average Bonchev–Trinajstić information content (AvgIpc) is 2.38. The van der Waals surface area contributed by atoms with Crippen LogP contribution >= 0.6 is 0 Å². The maximum absolute atomic E-state index is 9.18. The molecule has 0 aliphatic rings. The number of unbranched alkanes of at least 4 members (excludes halogenated alkanes) is 1. The van der Waals surface area contributed by atoms with Crippen molar-refractivity contribution in [2.75, 3.05) is 0 Å². The van der Waals surface area contributed by atoms with Gasteiger partial charge in [0.15, 0.2) is 0 Å². The molecule has 0 bridgehead atoms. The highest BCUT2D eigenvalue weighted by atomic mass is 16.3. The number of rotatable bonds is 5. The van der Waals surface area contributed by atoms with Gasteiger partial charge in [0.05, 0.1) is 0 Å². The van der Waals surface area contributed by atoms with Crippen LogP contribution in [0, 0.1) is 0 Å². The van der Waals surface area contributed by atoms with E-state index in [4.69, 9.17) is 0 Å². The van der Waals surface area contributed by atoms with Crippen molar-refractivity contribution < 1.29 is 5.11 Å². The molecule has 0 amide bonds. The molecule has 1 heteroatoms. The topological polar surface area (TPSA) is 20.2 Å². The second kappa shape index (κ2) is 6.09. The lowest BCUT2D eigenvalue weighted by Crippen LogP contribution is -1.88. The molecule has 0 aliphatic carbocycles. The maximum atomic E-state index is 9.18. The van der Waals surface area contributed by atoms with Gasteiger partial charge in [-0.3, -0.25) is 0 Å². The van der Waals surface area contributed by atoms with E-state index in [0.717, 1.165) is 12.8 Å². The van der Waals surface area contributed by atoms with Crippen molar-refractivity contribution in [2.24, 2.45) is 0 Å². The Bertz CT molecular complexity index is 431. The van der Waals surface area contributed by atoms with Crippen LogP contribution < -0.4 is 0 Å². The van der Waals surface area contributed by atoms with Gasteiger partial charge in [-0.25, -0.2) is 0 Å². The Hall–Kier alpha value is -1.76. The lowest BCUT2D eigenvalue weighted by molar-refractivity contribution is 0.475. The number of aryl methyl sites for hydroxylation is 2. The minimum absolute atomic E-state index is 0.345. The van der Waals surface area contributed by atoms with Gasteiger partial charge in [-0.2, -0.15) is 0 Å². The molecule has 0 aliphatic heterocycles. The number of hydrogen-bond acceptors (Lipinski definition) is 1. The van der Waals surface area contributed by atoms with Crippen LogP contribution in [0.15, 0.2) is 54.6 Å². The van der Waals surface area contributed by atoms with Gasteiger partial charge in [-0.15, -0.1) is 0 Å². The number of phenols is 1. The highest BCUT2D eigenvalue weighted by Gasteiger charge is 1.95. The first-order valence-electron chi connectivity index (χ1n) is 6.16. The summed E-state index contributed by atoms with van der Waals surface area (Å²) in [5.41, 5.74) is 2.72. The molecule has 0 saturated heterocycles. The van der Waals surface area contributed by atoms with Crippen LogP contribution in [0.5, 0.6) is 5.75 Å². The minimum Gasteiger partial charge on any atom is -0.508 e. The van der Waals surface area contributed by atoms with Crippen LogP contribution in [0.2, 0.25) is 0 Å². The normalized spacial score (nSPS) is 10.4. The second-order valence-electron chi connectivity index (χ2n) is 4.36. The van der Waals surface area contributed by atoms with Crippen LogP contribution in [0.3, 0.4) is 0 Å². The summed E-state index contributed by atoms with van der Waals surface area (Å²) in [5, 5.41) is 9.18. The Balaban J connectivity index is 1.71. The second-order valence-corrected chi connectivity index (χ2v) is 4.36. The van der Waals surface area contributed by atoms with E-state index in [1.807, 2.05) is 12.1 Å². The fourth-order valence-corrected chi connectivity index (χ4v) is 1.97. The largest absolute Gasteiger partial charge is 0.508 e. The summed E-state index contributed by atoms with van der Waals surface area (Å²) >= 11 is 0. The molecule has 2 aromatic carbocycles. The van der Waals surface area contributed by atoms with Crippen molar-refractivity contribution in [1.82, 2.24) is 0 Å². The van der Waals surface area contributed by atoms with Gasteiger partial charge >= 0.3 is 0 Å². The molecule has 88 valence electrons. The first kappa shape index (κ1) is 11.7. The van der Waals surface area contributed by atoms with E-state index in [9.17, 15) is 5.11 Å². The molecule has 0 heterocycles. The molecule has 0 radical (unpaired) electrons. The van der Waals surface area contributed by atoms with Crippen molar-refractivity contribution in [3.05, 3.63) is 65.7 Å². The van der Waals surface area contributed by atoms with Crippen molar-refractivity contribution in [3.63, 3.8) is 0 Å². The molecule has 0 aromatic heterocycles. The standard InChI is InChI=1S/C16H18O/c17-16-12-10-15(11-13-16)9-5-4-8-14-6-2-1-3-7-14/h1-3,6-7,10-13,17H,4-5,8-9H2. The van der Waals surface area contributed by atoms with Crippen molar-refractivity contribution >= 4 is 0 Å². The minimum atomic E-state index is 0.345. The van der Waals surface area contributed by atoms with E-state index in [2.05, 4.69) is 30.3 Å². The molecule has 2 rings (SSSR count). The first-order valence-corrected chi connectivity index (χ1v) is 6.16. The number of phenolic OH excluding ortho intramolecular Hbond substituents is 1. The zero-order chi connectivity index (χ0) is 11.9. The maximum Gasteiger partial charge on any atom is 0.115 e. The number of hydrogen-bond donors (Lipinski definition) is 1. The number of aromatic hydroxyl groups is 1. The monoisotopic (exact) mass is 226 g/mol. The van der Waals surface area contributed by atoms with Crippen LogP contribution in [-0.4, -0.2) is 5.11 Å². The molecule has 0 atom stereocenters. The van der Waals surface area contributed by atoms with E-state index >= 15 is 0 Å². The zero-order valence-corrected chi connectivity index (χ0v) is 9.97. The molecule has 1 N–H and O–H groups in total. The highest BCUT2D eigenvalue weighted by molar-refractivity contribution is 5.25. The Kier molecular flexibility index (Phi) is 4.20. The predicted molar refractivity (Wildman–Crippen MR) is 71.2 cm³/mol. The van der Waals surface area contributed by atoms with Gasteiger partial charge in [0, 0.05) is 0 Å². The fourth-order valence-electron chi connectivity index (χ4n) is 1.97. The van der Waals surface area contributed by atoms with Gasteiger partial charge in [-0.1, -0.05) is 42.5 Å². The third-order valence-corrected chi connectivity index (χ3v) is 2.96. The molecule has 1 nitrogen and oxygen atoms in total. The Morgan fingerprint density at radius 2 is 1.18 bits per heavy atom. The third kappa shape index (κ3) is 3.95. The summed E-state index contributed by atoms with van der Waals surface area (Å²) in [6, 6.07) is 18.1. The summed E-state index contributed by atoms with van der Waals surface area (Å²) in [6.45, 7) is 0. The summed E-state index contributed by atoms with van der Waals surface area (Å²) < 4.78 is 0. The van der Waals surface area contributed by atoms with Gasteiger partial charge in [0.25, 0.3) is 0 Å². The smallest absolute Gasteiger partial charge is 0.115 e. The summed E-state index contributed by atoms with van der Waals surface area (Å²) in [5.74, 6) is 0.345. The van der Waals surface area contributed by atoms with Crippen LogP contribution in [0.1, 0.15) is 24.0 Å². The predicted octanol–water partition coefficient (Wildman–Crippen LogP) is 3.96. The van der Waals surface area contributed by atoms with Crippen LogP contribution in [0.4, 0.5) is 0 Å². The molecular weight excluding hydrogens is 208 g/mol. The van der Waals surface area contributed by atoms with E-state index in [0.29, 0.717) is 5.75 Å². The summed E-state index contributed by atoms with van der Waals surface area (Å²) in [7, 11) is 0. The Labute approximate surface area is 103 Å². The van der Waals surface area contributed by atoms with Gasteiger partial charge in [-0.05, 0) is 48.9 Å². The Morgan fingerprint density at radius 3 is 1.76 bits per heavy atom. The van der Waals surface area contributed by atoms with Crippen LogP contribution in [0.25, 0.3) is 0 Å². The van der Waals surface area contributed by atoms with Crippen LogP contribution in [-0.2, 0) is 12.8 Å². The van der Waals surface area contributed by atoms with Crippen molar-refractivity contribution in [1.29, 1.82) is 0 Å². The SMILES string of the molecule is Oc1ccc(CCCCc2ccccc2)cc1. The zero-order valence-electron chi connectivity index (χ0n) is 9.97. The van der Waals surface area contributed by atoms with E-state index in [1.165, 1.54) is 24.0 Å². The molecular formula is C16H18O. The molecule has 0 unspecified atom stereocenters. The van der Waals surface area contributed by atoms with Gasteiger partial charge in [0.1, 0.15) is 5.75 Å². The van der Waals surface area contributed by atoms with Crippen molar-refractivity contribution in [3.8, 4) is 5.75 Å². The average molecular weight is 226 g/mol. The van der Waals surface area contributed by atoms with E-state index in [1.54, 1.807) is 12.1 Å². The lowest BCUT2D eigenvalue weighted by atomic mass is 10.0. The van der Waals surface area contributed by atoms with Crippen molar-refractivity contribution in [2.45, 2.75) is 25.7 Å². The molecule has 2 aromatic rings. The summed E-state index contributed by atoms with van der Waals surface area (Å²) in [6.07, 6.45) is 4.65. The lowest BCUT2D eigenvalue weighted by Gasteiger charge is -2.02. The summed E-state index contributed by atoms with van der Waals surface area (Å²) in [4.78, 5) is 0. The highest BCUT2D eigenvalue weighted by Crippen LogP contribution is 2.13. The Morgan fingerprint density at radius 1 is 0.647 bits per heavy atom. The first-order chi connectivity index (χ1) is 8.34. The van der Waals surface area contributed by atoms with Gasteiger partial charge < -0.3 is 5.11 Å².